The van der Waals surface area contributed by atoms with E-state index in [4.69, 9.17) is 31.1 Å². The summed E-state index contributed by atoms with van der Waals surface area (Å²) in [6.07, 6.45) is -3.03. The van der Waals surface area contributed by atoms with Crippen molar-refractivity contribution in [1.29, 1.82) is 5.26 Å². The zero-order valence-electron chi connectivity index (χ0n) is 16.1. The first-order valence-electron chi connectivity index (χ1n) is 9.61. The molecule has 4 N–H and O–H groups in total. The van der Waals surface area contributed by atoms with Crippen LogP contribution in [0.25, 0.3) is 0 Å². The first-order chi connectivity index (χ1) is 13.8. The fourth-order valence-corrected chi connectivity index (χ4v) is 4.04. The Balaban J connectivity index is 1.83. The van der Waals surface area contributed by atoms with Gasteiger partial charge in [0.1, 0.15) is 30.2 Å². The molecule has 0 radical (unpaired) electrons. The van der Waals surface area contributed by atoms with Crippen LogP contribution in [-0.4, -0.2) is 64.2 Å². The van der Waals surface area contributed by atoms with E-state index in [0.717, 1.165) is 25.7 Å². The predicted octanol–water partition coefficient (Wildman–Crippen LogP) is 1.22. The largest absolute Gasteiger partial charge is 0.489 e. The van der Waals surface area contributed by atoms with Gasteiger partial charge in [0, 0.05) is 12.7 Å². The Hall–Kier alpha value is -1.44. The summed E-state index contributed by atoms with van der Waals surface area (Å²) in [7, 11) is 1.69. The highest BCUT2D eigenvalue weighted by molar-refractivity contribution is 6.32. The van der Waals surface area contributed by atoms with E-state index in [9.17, 15) is 20.4 Å². The molecule has 2 aliphatic rings. The zero-order chi connectivity index (χ0) is 21.2. The summed E-state index contributed by atoms with van der Waals surface area (Å²) < 4.78 is 16.8. The Morgan fingerprint density at radius 3 is 2.45 bits per heavy atom. The van der Waals surface area contributed by atoms with Crippen molar-refractivity contribution in [1.82, 2.24) is 0 Å². The minimum Gasteiger partial charge on any atom is -0.489 e. The van der Waals surface area contributed by atoms with Crippen LogP contribution in [0.15, 0.2) is 18.2 Å². The third-order valence-corrected chi connectivity index (χ3v) is 5.98. The lowest BCUT2D eigenvalue weighted by Gasteiger charge is -2.45. The van der Waals surface area contributed by atoms with E-state index in [2.05, 4.69) is 0 Å². The highest BCUT2D eigenvalue weighted by Gasteiger charge is 2.53. The summed E-state index contributed by atoms with van der Waals surface area (Å²) in [6, 6.07) is 6.21. The van der Waals surface area contributed by atoms with Crippen LogP contribution in [0.2, 0.25) is 5.02 Å². The van der Waals surface area contributed by atoms with E-state index < -0.39 is 30.2 Å². The van der Waals surface area contributed by atoms with E-state index in [-0.39, 0.29) is 24.2 Å². The standard InChI is InChI=1S/C20H26ClNO7/c1-27-12-3-5-13(6-4-12)28-16-10-11(2-7-14(16)21)20(26)19(25)18(24)17(23)15(29-20)8-9-22/h2,7,10,12-13,15,17-19,23-26H,3-6,8H2,1H3/t12?,13?,15-,17-,18+,19-,20+/m1/s1. The van der Waals surface area contributed by atoms with Crippen LogP contribution in [0.1, 0.15) is 37.7 Å². The van der Waals surface area contributed by atoms with Gasteiger partial charge in [-0.1, -0.05) is 17.7 Å². The highest BCUT2D eigenvalue weighted by Crippen LogP contribution is 2.40. The van der Waals surface area contributed by atoms with Gasteiger partial charge in [-0.25, -0.2) is 0 Å². The van der Waals surface area contributed by atoms with Crippen molar-refractivity contribution in [2.75, 3.05) is 7.11 Å². The molecule has 8 nitrogen and oxygen atoms in total. The maximum atomic E-state index is 11.0. The number of hydrogen-bond donors (Lipinski definition) is 4. The monoisotopic (exact) mass is 427 g/mol. The minimum absolute atomic E-state index is 0.0697. The number of aliphatic hydroxyl groups is 4. The maximum absolute atomic E-state index is 11.0. The fourth-order valence-electron chi connectivity index (χ4n) is 3.88. The number of benzene rings is 1. The number of rotatable bonds is 5. The molecule has 29 heavy (non-hydrogen) atoms. The van der Waals surface area contributed by atoms with Gasteiger partial charge in [-0.15, -0.1) is 0 Å². The first-order valence-corrected chi connectivity index (χ1v) is 9.98. The van der Waals surface area contributed by atoms with E-state index in [0.29, 0.717) is 10.8 Å². The molecular formula is C20H26ClNO7. The van der Waals surface area contributed by atoms with Gasteiger partial charge in [0.15, 0.2) is 0 Å². The van der Waals surface area contributed by atoms with Crippen LogP contribution in [-0.2, 0) is 15.3 Å². The molecule has 1 saturated heterocycles. The third-order valence-electron chi connectivity index (χ3n) is 5.67. The van der Waals surface area contributed by atoms with Crippen LogP contribution in [0.4, 0.5) is 0 Å². The number of nitrogens with zero attached hydrogens (tertiary/aromatic N) is 1. The summed E-state index contributed by atoms with van der Waals surface area (Å²) in [6.45, 7) is 0. The second-order valence-corrected chi connectivity index (χ2v) is 7.95. The molecule has 9 heteroatoms. The van der Waals surface area contributed by atoms with Crippen molar-refractivity contribution >= 4 is 11.6 Å². The van der Waals surface area contributed by atoms with Crippen molar-refractivity contribution in [3.8, 4) is 11.8 Å². The highest BCUT2D eigenvalue weighted by atomic mass is 35.5. The molecule has 1 saturated carbocycles. The Bertz CT molecular complexity index is 749. The van der Waals surface area contributed by atoms with Gasteiger partial charge >= 0.3 is 0 Å². The number of halogens is 1. The van der Waals surface area contributed by atoms with Gasteiger partial charge in [0.05, 0.1) is 29.7 Å². The molecule has 1 aliphatic heterocycles. The van der Waals surface area contributed by atoms with E-state index in [1.165, 1.54) is 18.2 Å². The molecule has 0 bridgehead atoms. The molecule has 0 spiro atoms. The lowest BCUT2D eigenvalue weighted by molar-refractivity contribution is -0.353. The van der Waals surface area contributed by atoms with E-state index >= 15 is 0 Å². The topological polar surface area (TPSA) is 132 Å². The van der Waals surface area contributed by atoms with Gasteiger partial charge in [-0.2, -0.15) is 5.26 Å². The number of aliphatic hydroxyl groups excluding tert-OH is 3. The third kappa shape index (κ3) is 4.52. The van der Waals surface area contributed by atoms with Crippen LogP contribution >= 0.6 is 11.6 Å². The zero-order valence-corrected chi connectivity index (χ0v) is 16.8. The van der Waals surface area contributed by atoms with Crippen LogP contribution < -0.4 is 4.74 Å². The fraction of sp³-hybridized carbons (Fsp3) is 0.650. The SMILES string of the molecule is COC1CCC(Oc2cc([C@]3(O)O[C@H](CC#N)[C@@H](O)[C@H](O)[C@H]3O)ccc2Cl)CC1. The quantitative estimate of drug-likeness (QED) is 0.551. The second-order valence-electron chi connectivity index (χ2n) is 7.54. The summed E-state index contributed by atoms with van der Waals surface area (Å²) in [4.78, 5) is 0. The Kier molecular flexibility index (Phi) is 7.02. The Labute approximate surface area is 174 Å². The minimum atomic E-state index is -2.34. The normalized spacial score (nSPS) is 37.7. The average molecular weight is 428 g/mol. The molecule has 5 atom stereocenters. The molecule has 0 unspecified atom stereocenters. The molecular weight excluding hydrogens is 402 g/mol. The molecule has 2 fully saturated rings. The van der Waals surface area contributed by atoms with Crippen molar-refractivity contribution in [2.45, 2.75) is 74.5 Å². The van der Waals surface area contributed by atoms with Gasteiger partial charge in [0.25, 0.3) is 0 Å². The molecule has 1 heterocycles. The number of hydrogen-bond acceptors (Lipinski definition) is 8. The van der Waals surface area contributed by atoms with Gasteiger partial charge in [-0.05, 0) is 37.8 Å². The number of nitriles is 1. The van der Waals surface area contributed by atoms with Crippen molar-refractivity contribution in [2.24, 2.45) is 0 Å². The Morgan fingerprint density at radius 1 is 1.17 bits per heavy atom. The molecule has 0 aromatic heterocycles. The Morgan fingerprint density at radius 2 is 1.83 bits per heavy atom. The lowest BCUT2D eigenvalue weighted by atomic mass is 9.87. The molecule has 0 amide bonds. The maximum Gasteiger partial charge on any atom is 0.222 e. The average Bonchev–Trinajstić information content (AvgIpc) is 2.72. The summed E-state index contributed by atoms with van der Waals surface area (Å²) in [5.41, 5.74) is 0.101. The number of ether oxygens (including phenoxy) is 3. The van der Waals surface area contributed by atoms with Crippen molar-refractivity contribution in [3.05, 3.63) is 28.8 Å². The van der Waals surface area contributed by atoms with E-state index in [1.807, 2.05) is 6.07 Å². The summed E-state index contributed by atoms with van der Waals surface area (Å²) in [5, 5.41) is 50.8. The predicted molar refractivity (Wildman–Crippen MR) is 102 cm³/mol. The molecule has 1 aromatic rings. The van der Waals surface area contributed by atoms with Crippen molar-refractivity contribution in [3.63, 3.8) is 0 Å². The van der Waals surface area contributed by atoms with Crippen LogP contribution in [0.5, 0.6) is 5.75 Å². The molecule has 1 aromatic carbocycles. The van der Waals surface area contributed by atoms with Gasteiger partial charge < -0.3 is 34.6 Å². The van der Waals surface area contributed by atoms with Crippen molar-refractivity contribution < 1.29 is 34.6 Å². The second kappa shape index (κ2) is 9.14. The summed E-state index contributed by atoms with van der Waals surface area (Å²) >= 11 is 6.26. The van der Waals surface area contributed by atoms with Crippen LogP contribution in [0.3, 0.4) is 0 Å². The lowest BCUT2D eigenvalue weighted by Crippen LogP contribution is -2.62. The summed E-state index contributed by atoms with van der Waals surface area (Å²) in [5.74, 6) is -2.02. The smallest absolute Gasteiger partial charge is 0.222 e. The molecule has 3 rings (SSSR count). The van der Waals surface area contributed by atoms with Gasteiger partial charge in [0.2, 0.25) is 5.79 Å². The molecule has 160 valence electrons. The van der Waals surface area contributed by atoms with E-state index in [1.54, 1.807) is 7.11 Å². The first kappa shape index (κ1) is 22.2. The molecule has 1 aliphatic carbocycles. The number of methoxy groups -OCH3 is 1. The van der Waals surface area contributed by atoms with Crippen LogP contribution in [0, 0.1) is 11.3 Å². The van der Waals surface area contributed by atoms with Gasteiger partial charge in [-0.3, -0.25) is 0 Å².